The number of benzene rings is 1. The first-order valence-corrected chi connectivity index (χ1v) is 12.2. The summed E-state index contributed by atoms with van der Waals surface area (Å²) in [5, 5.41) is 34.2. The molecule has 3 amide bonds. The van der Waals surface area contributed by atoms with Gasteiger partial charge in [-0.25, -0.2) is 4.79 Å². The van der Waals surface area contributed by atoms with Crippen LogP contribution in [0.1, 0.15) is 37.7 Å². The highest BCUT2D eigenvalue weighted by Crippen LogP contribution is 2.06. The number of guanidine groups is 1. The summed E-state index contributed by atoms with van der Waals surface area (Å²) in [5.41, 5.74) is 17.2. The van der Waals surface area contributed by atoms with Gasteiger partial charge in [0.2, 0.25) is 17.7 Å². The number of aliphatic carboxylic acids is 3. The molecule has 1 aromatic rings. The van der Waals surface area contributed by atoms with Crippen molar-refractivity contribution in [2.24, 2.45) is 22.2 Å². The molecule has 220 valence electrons. The number of hydrogen-bond donors (Lipinski definition) is 9. The lowest BCUT2D eigenvalue weighted by Crippen LogP contribution is -2.57. The molecule has 1 aromatic carbocycles. The van der Waals surface area contributed by atoms with Gasteiger partial charge in [0.15, 0.2) is 5.96 Å². The summed E-state index contributed by atoms with van der Waals surface area (Å²) in [5.74, 6) is -7.24. The Balaban J connectivity index is 3.03. The van der Waals surface area contributed by atoms with Crippen LogP contribution in [0.5, 0.6) is 0 Å². The first kappa shape index (κ1) is 33.3. The van der Waals surface area contributed by atoms with E-state index in [9.17, 15) is 39.0 Å². The summed E-state index contributed by atoms with van der Waals surface area (Å²) in [6, 6.07) is 3.02. The third-order valence-electron chi connectivity index (χ3n) is 5.49. The molecule has 0 saturated carbocycles. The molecule has 0 aliphatic carbocycles. The Morgan fingerprint density at radius 1 is 0.775 bits per heavy atom. The second kappa shape index (κ2) is 17.0. The molecular formula is C24H35N7O9. The summed E-state index contributed by atoms with van der Waals surface area (Å²) in [6.07, 6.45) is -1.68. The van der Waals surface area contributed by atoms with Crippen LogP contribution < -0.4 is 33.2 Å². The van der Waals surface area contributed by atoms with Crippen LogP contribution in [-0.2, 0) is 35.2 Å². The zero-order valence-corrected chi connectivity index (χ0v) is 21.6. The highest BCUT2D eigenvalue weighted by molar-refractivity contribution is 5.95. The van der Waals surface area contributed by atoms with E-state index < -0.39 is 79.1 Å². The molecule has 0 radical (unpaired) electrons. The van der Waals surface area contributed by atoms with Crippen molar-refractivity contribution in [2.45, 2.75) is 62.7 Å². The van der Waals surface area contributed by atoms with Crippen molar-refractivity contribution in [3.63, 3.8) is 0 Å². The lowest BCUT2D eigenvalue weighted by molar-refractivity contribution is -0.144. The molecule has 0 aliphatic rings. The van der Waals surface area contributed by atoms with Crippen LogP contribution in [0.2, 0.25) is 0 Å². The van der Waals surface area contributed by atoms with Gasteiger partial charge in [0.1, 0.15) is 18.1 Å². The van der Waals surface area contributed by atoms with Crippen LogP contribution >= 0.6 is 0 Å². The normalized spacial score (nSPS) is 13.5. The lowest BCUT2D eigenvalue weighted by atomic mass is 10.0. The van der Waals surface area contributed by atoms with Crippen molar-refractivity contribution in [1.29, 1.82) is 0 Å². The molecule has 12 N–H and O–H groups in total. The summed E-state index contributed by atoms with van der Waals surface area (Å²) in [7, 11) is 0. The van der Waals surface area contributed by atoms with Crippen LogP contribution in [-0.4, -0.2) is 87.6 Å². The summed E-state index contributed by atoms with van der Waals surface area (Å²) in [6.45, 7) is 0.0486. The van der Waals surface area contributed by atoms with Crippen molar-refractivity contribution in [2.75, 3.05) is 6.54 Å². The van der Waals surface area contributed by atoms with Gasteiger partial charge in [0, 0.05) is 13.0 Å². The summed E-state index contributed by atoms with van der Waals surface area (Å²) in [4.78, 5) is 76.1. The van der Waals surface area contributed by atoms with Gasteiger partial charge in [0.25, 0.3) is 0 Å². The number of aliphatic imine (C=N–C) groups is 1. The van der Waals surface area contributed by atoms with Crippen molar-refractivity contribution < 1.29 is 44.1 Å². The fourth-order valence-electron chi connectivity index (χ4n) is 3.47. The zero-order valence-electron chi connectivity index (χ0n) is 21.6. The highest BCUT2D eigenvalue weighted by Gasteiger charge is 2.31. The summed E-state index contributed by atoms with van der Waals surface area (Å²) < 4.78 is 0. The first-order valence-electron chi connectivity index (χ1n) is 12.2. The fraction of sp³-hybridized carbons (Fsp3) is 0.458. The fourth-order valence-corrected chi connectivity index (χ4v) is 3.47. The highest BCUT2D eigenvalue weighted by atomic mass is 16.4. The van der Waals surface area contributed by atoms with Crippen LogP contribution in [0.15, 0.2) is 35.3 Å². The molecule has 16 heteroatoms. The van der Waals surface area contributed by atoms with E-state index in [1.165, 1.54) is 0 Å². The topological polar surface area (TPSA) is 290 Å². The van der Waals surface area contributed by atoms with E-state index in [0.29, 0.717) is 0 Å². The minimum absolute atomic E-state index is 0.0486. The zero-order chi connectivity index (χ0) is 30.2. The second-order valence-electron chi connectivity index (χ2n) is 8.80. The molecule has 0 spiro atoms. The van der Waals surface area contributed by atoms with Crippen molar-refractivity contribution in [1.82, 2.24) is 16.0 Å². The Bertz CT molecular complexity index is 1080. The van der Waals surface area contributed by atoms with Crippen molar-refractivity contribution in [3.8, 4) is 0 Å². The number of rotatable bonds is 18. The largest absolute Gasteiger partial charge is 0.481 e. The van der Waals surface area contributed by atoms with E-state index >= 15 is 0 Å². The van der Waals surface area contributed by atoms with Gasteiger partial charge in [-0.05, 0) is 31.2 Å². The molecular weight excluding hydrogens is 530 g/mol. The maximum absolute atomic E-state index is 13.0. The molecule has 0 heterocycles. The van der Waals surface area contributed by atoms with Crippen LogP contribution in [0, 0.1) is 0 Å². The molecule has 40 heavy (non-hydrogen) atoms. The van der Waals surface area contributed by atoms with Crippen molar-refractivity contribution >= 4 is 41.6 Å². The number of hydrogen-bond acceptors (Lipinski definition) is 8. The third-order valence-corrected chi connectivity index (χ3v) is 5.49. The number of carbonyl (C=O) groups excluding carboxylic acids is 3. The van der Waals surface area contributed by atoms with E-state index in [0.717, 1.165) is 5.56 Å². The second-order valence-corrected chi connectivity index (χ2v) is 8.80. The van der Waals surface area contributed by atoms with Gasteiger partial charge in [-0.1, -0.05) is 30.3 Å². The van der Waals surface area contributed by atoms with E-state index in [4.69, 9.17) is 22.3 Å². The minimum atomic E-state index is -1.62. The number of amides is 3. The van der Waals surface area contributed by atoms with E-state index in [2.05, 4.69) is 20.9 Å². The smallest absolute Gasteiger partial charge is 0.326 e. The molecule has 0 aromatic heterocycles. The maximum atomic E-state index is 13.0. The Kier molecular flexibility index (Phi) is 14.1. The number of nitrogens with zero attached hydrogens (tertiary/aromatic N) is 1. The number of carboxylic acid groups (broad SMARTS) is 3. The average molecular weight is 566 g/mol. The monoisotopic (exact) mass is 565 g/mol. The van der Waals surface area contributed by atoms with Gasteiger partial charge in [-0.2, -0.15) is 0 Å². The van der Waals surface area contributed by atoms with Gasteiger partial charge in [0.05, 0.1) is 12.5 Å². The number of carboxylic acids is 3. The van der Waals surface area contributed by atoms with Crippen LogP contribution in [0.25, 0.3) is 0 Å². The van der Waals surface area contributed by atoms with Gasteiger partial charge in [-0.15, -0.1) is 0 Å². The molecule has 0 bridgehead atoms. The predicted octanol–water partition coefficient (Wildman–Crippen LogP) is -2.51. The summed E-state index contributed by atoms with van der Waals surface area (Å²) >= 11 is 0. The Labute approximate surface area is 229 Å². The van der Waals surface area contributed by atoms with E-state index in [1.807, 2.05) is 0 Å². The van der Waals surface area contributed by atoms with Crippen LogP contribution in [0.4, 0.5) is 0 Å². The molecule has 0 fully saturated rings. The minimum Gasteiger partial charge on any atom is -0.481 e. The van der Waals surface area contributed by atoms with Gasteiger partial charge >= 0.3 is 17.9 Å². The molecule has 1 rings (SSSR count). The Morgan fingerprint density at radius 3 is 1.90 bits per heavy atom. The van der Waals surface area contributed by atoms with Crippen LogP contribution in [0.3, 0.4) is 0 Å². The number of nitrogens with one attached hydrogen (secondary N) is 3. The SMILES string of the molecule is NC(N)=NCCCC(NC(=O)C(CC(=O)O)NC(=O)C(N)Cc1ccccc1)C(=O)NC(CCC(=O)O)C(=O)O. The molecule has 4 atom stereocenters. The Morgan fingerprint density at radius 2 is 1.35 bits per heavy atom. The number of nitrogens with two attached hydrogens (primary N) is 3. The quantitative estimate of drug-likeness (QED) is 0.0506. The van der Waals surface area contributed by atoms with E-state index in [-0.39, 0.29) is 31.8 Å². The standard InChI is InChI=1S/C24H35N7O9/c25-14(11-13-5-2-1-3-6-13)20(36)31-17(12-19(34)35)22(38)29-15(7-4-10-28-24(26)27)21(37)30-16(23(39)40)8-9-18(32)33/h1-3,5-6,14-17H,4,7-12,25H2,(H,29,38)(H,30,37)(H,31,36)(H,32,33)(H,34,35)(H,39,40)(H4,26,27,28). The van der Waals surface area contributed by atoms with Gasteiger partial charge in [-0.3, -0.25) is 29.0 Å². The van der Waals surface area contributed by atoms with Crippen molar-refractivity contribution in [3.05, 3.63) is 35.9 Å². The first-order chi connectivity index (χ1) is 18.8. The molecule has 4 unspecified atom stereocenters. The third kappa shape index (κ3) is 13.2. The maximum Gasteiger partial charge on any atom is 0.326 e. The predicted molar refractivity (Wildman–Crippen MR) is 141 cm³/mol. The lowest BCUT2D eigenvalue weighted by Gasteiger charge is -2.24. The molecule has 16 nitrogen and oxygen atoms in total. The number of carbonyl (C=O) groups is 6. The molecule has 0 aliphatic heterocycles. The van der Waals surface area contributed by atoms with E-state index in [1.54, 1.807) is 30.3 Å². The molecule has 0 saturated heterocycles. The average Bonchev–Trinajstić information content (AvgIpc) is 2.87. The van der Waals surface area contributed by atoms with Gasteiger partial charge < -0.3 is 48.5 Å². The Hall–Kier alpha value is -4.73.